The second-order valence-electron chi connectivity index (χ2n) is 17.1. The standard InChI is InChI=1S/C61H44NOPSi/c63-64(48-24-8-2-9-25-48)59-36-20-17-33-55(59)61(56-34-18-21-37-60(56)64,46-40-43-58-54(44-46)53-32-16-19-35-57(53)62(58)47-22-6-1-7-23-47)45-38-41-52(42-39-45)65(49-26-10-3-11-27-49,50-28-12-4-13-29-50)51-30-14-5-15-31-51/h1-44H. The average Bonchev–Trinajstić information content (AvgIpc) is 3.72. The lowest BCUT2D eigenvalue weighted by Gasteiger charge is -2.45. The molecular formula is C61H44NOPSi. The van der Waals surface area contributed by atoms with Crippen molar-refractivity contribution < 1.29 is 4.57 Å². The average molecular weight is 866 g/mol. The lowest BCUT2D eigenvalue weighted by Crippen LogP contribution is -2.74. The van der Waals surface area contributed by atoms with Gasteiger partial charge < -0.3 is 9.13 Å². The van der Waals surface area contributed by atoms with E-state index in [1.165, 1.54) is 31.5 Å². The van der Waals surface area contributed by atoms with Gasteiger partial charge in [-0.1, -0.05) is 237 Å². The molecule has 0 N–H and O–H groups in total. The van der Waals surface area contributed by atoms with E-state index in [1.54, 1.807) is 0 Å². The molecule has 0 spiro atoms. The minimum atomic E-state index is -3.34. The first kappa shape index (κ1) is 39.1. The van der Waals surface area contributed by atoms with Crippen LogP contribution in [-0.2, 0) is 9.98 Å². The Morgan fingerprint density at radius 3 is 1.32 bits per heavy atom. The Labute approximate surface area is 381 Å². The Balaban J connectivity index is 1.19. The molecule has 1 aromatic heterocycles. The summed E-state index contributed by atoms with van der Waals surface area (Å²) in [6, 6.07) is 96.6. The van der Waals surface area contributed by atoms with Crippen molar-refractivity contribution >= 4 is 73.7 Å². The predicted molar refractivity (Wildman–Crippen MR) is 276 cm³/mol. The van der Waals surface area contributed by atoms with Gasteiger partial charge in [0.05, 0.1) is 16.4 Å². The lowest BCUT2D eigenvalue weighted by molar-refractivity contribution is 0.590. The van der Waals surface area contributed by atoms with Crippen LogP contribution in [0.3, 0.4) is 0 Å². The molecule has 2 nitrogen and oxygen atoms in total. The number of aromatic nitrogens is 1. The summed E-state index contributed by atoms with van der Waals surface area (Å²) in [4.78, 5) is 0. The van der Waals surface area contributed by atoms with Crippen LogP contribution in [-0.4, -0.2) is 12.6 Å². The van der Waals surface area contributed by atoms with Crippen molar-refractivity contribution in [2.75, 3.05) is 0 Å². The zero-order chi connectivity index (χ0) is 43.4. The van der Waals surface area contributed by atoms with Crippen LogP contribution < -0.4 is 36.7 Å². The first-order valence-corrected chi connectivity index (χ1v) is 26.1. The molecule has 0 saturated carbocycles. The van der Waals surface area contributed by atoms with Gasteiger partial charge in [0.1, 0.15) is 0 Å². The second kappa shape index (κ2) is 15.6. The molecule has 0 saturated heterocycles. The van der Waals surface area contributed by atoms with Crippen LogP contribution in [0.4, 0.5) is 0 Å². The highest BCUT2D eigenvalue weighted by molar-refractivity contribution is 7.85. The summed E-state index contributed by atoms with van der Waals surface area (Å²) in [6.07, 6.45) is 0. The monoisotopic (exact) mass is 865 g/mol. The van der Waals surface area contributed by atoms with Crippen molar-refractivity contribution in [2.45, 2.75) is 5.41 Å². The summed E-state index contributed by atoms with van der Waals surface area (Å²) in [5, 5.41) is 10.3. The van der Waals surface area contributed by atoms with Gasteiger partial charge in [-0.3, -0.25) is 0 Å². The molecule has 0 aliphatic carbocycles. The van der Waals surface area contributed by atoms with E-state index in [0.29, 0.717) is 0 Å². The van der Waals surface area contributed by atoms with Crippen LogP contribution in [0.2, 0.25) is 0 Å². The summed E-state index contributed by atoms with van der Waals surface area (Å²) in [6.45, 7) is 0. The van der Waals surface area contributed by atoms with Gasteiger partial charge in [0.2, 0.25) is 0 Å². The molecule has 0 fully saturated rings. The van der Waals surface area contributed by atoms with E-state index in [-0.39, 0.29) is 0 Å². The number of para-hydroxylation sites is 2. The SMILES string of the molecule is O=P1(c2ccccc2)c2ccccc2C(c2ccc([Si](c3ccccc3)(c3ccccc3)c3ccccc3)cc2)(c2ccc3c(c2)c2ccccc2n3-c2ccccc2)c2ccccc21. The molecular weight excluding hydrogens is 822 g/mol. The number of hydrogen-bond donors (Lipinski definition) is 0. The highest BCUT2D eigenvalue weighted by Gasteiger charge is 2.51. The van der Waals surface area contributed by atoms with Crippen LogP contribution in [0, 0.1) is 0 Å². The molecule has 4 heteroatoms. The molecule has 0 bridgehead atoms. The van der Waals surface area contributed by atoms with Gasteiger partial charge in [0, 0.05) is 32.4 Å². The molecule has 11 aromatic rings. The maximum atomic E-state index is 16.4. The normalized spacial score (nSPS) is 16.8. The largest absolute Gasteiger partial charge is 0.309 e. The van der Waals surface area contributed by atoms with E-state index < -0.39 is 20.6 Å². The zero-order valence-corrected chi connectivity index (χ0v) is 37.6. The topological polar surface area (TPSA) is 22.0 Å². The van der Waals surface area contributed by atoms with Crippen LogP contribution >= 0.6 is 7.14 Å². The molecule has 1 aliphatic heterocycles. The molecule has 10 aromatic carbocycles. The number of benzene rings is 10. The van der Waals surface area contributed by atoms with Crippen LogP contribution in [0.25, 0.3) is 27.5 Å². The maximum absolute atomic E-state index is 16.4. The molecule has 65 heavy (non-hydrogen) atoms. The maximum Gasteiger partial charge on any atom is 0.179 e. The quantitative estimate of drug-likeness (QED) is 0.0847. The molecule has 308 valence electrons. The van der Waals surface area contributed by atoms with E-state index in [0.717, 1.165) is 54.9 Å². The van der Waals surface area contributed by atoms with Crippen LogP contribution in [0.1, 0.15) is 22.3 Å². The highest BCUT2D eigenvalue weighted by Crippen LogP contribution is 2.57. The van der Waals surface area contributed by atoms with Crippen LogP contribution in [0.5, 0.6) is 0 Å². The van der Waals surface area contributed by atoms with Crippen molar-refractivity contribution in [1.82, 2.24) is 4.57 Å². The molecule has 1 aliphatic rings. The summed E-state index contributed by atoms with van der Waals surface area (Å²) < 4.78 is 18.8. The van der Waals surface area contributed by atoms with Gasteiger partial charge >= 0.3 is 0 Å². The fourth-order valence-electron chi connectivity index (χ4n) is 11.2. The fourth-order valence-corrected chi connectivity index (χ4v) is 19.1. The molecule has 0 atom stereocenters. The Hall–Kier alpha value is -7.55. The molecule has 2 heterocycles. The number of fused-ring (bicyclic) bond motifs is 5. The van der Waals surface area contributed by atoms with Crippen molar-refractivity contribution in [2.24, 2.45) is 0 Å². The highest BCUT2D eigenvalue weighted by atomic mass is 31.2. The van der Waals surface area contributed by atoms with E-state index in [2.05, 4.69) is 241 Å². The van der Waals surface area contributed by atoms with E-state index in [1.807, 2.05) is 30.3 Å². The summed E-state index contributed by atoms with van der Waals surface area (Å²) in [5.74, 6) is 0. The third kappa shape index (κ3) is 5.76. The van der Waals surface area contributed by atoms with Gasteiger partial charge in [0.25, 0.3) is 0 Å². The van der Waals surface area contributed by atoms with Crippen molar-refractivity contribution in [3.05, 3.63) is 289 Å². The van der Waals surface area contributed by atoms with Crippen molar-refractivity contribution in [3.8, 4) is 5.69 Å². The van der Waals surface area contributed by atoms with Crippen LogP contribution in [0.15, 0.2) is 267 Å². The summed E-state index contributed by atoms with van der Waals surface area (Å²) in [7, 11) is -6.17. The Bertz CT molecular complexity index is 3400. The predicted octanol–water partition coefficient (Wildman–Crippen LogP) is 10.5. The number of rotatable bonds is 8. The fraction of sp³-hybridized carbons (Fsp3) is 0.0164. The Morgan fingerprint density at radius 2 is 0.769 bits per heavy atom. The first-order valence-electron chi connectivity index (χ1n) is 22.4. The van der Waals surface area contributed by atoms with Gasteiger partial charge in [-0.2, -0.15) is 0 Å². The minimum Gasteiger partial charge on any atom is -0.309 e. The van der Waals surface area contributed by atoms with E-state index in [9.17, 15) is 0 Å². The molecule has 12 rings (SSSR count). The van der Waals surface area contributed by atoms with Gasteiger partial charge in [-0.25, -0.2) is 0 Å². The smallest absolute Gasteiger partial charge is 0.179 e. The van der Waals surface area contributed by atoms with E-state index in [4.69, 9.17) is 0 Å². The molecule has 0 amide bonds. The minimum absolute atomic E-state index is 0.838. The summed E-state index contributed by atoms with van der Waals surface area (Å²) >= 11 is 0. The van der Waals surface area contributed by atoms with Crippen molar-refractivity contribution in [3.63, 3.8) is 0 Å². The van der Waals surface area contributed by atoms with Crippen molar-refractivity contribution in [1.29, 1.82) is 0 Å². The van der Waals surface area contributed by atoms with E-state index >= 15 is 4.57 Å². The second-order valence-corrected chi connectivity index (χ2v) is 23.6. The first-order chi connectivity index (χ1) is 32.1. The zero-order valence-electron chi connectivity index (χ0n) is 35.7. The Morgan fingerprint density at radius 1 is 0.354 bits per heavy atom. The Kier molecular flexibility index (Phi) is 9.38. The molecule has 0 radical (unpaired) electrons. The molecule has 0 unspecified atom stereocenters. The number of nitrogens with zero attached hydrogens (tertiary/aromatic N) is 1. The lowest BCUT2D eigenvalue weighted by atomic mass is 9.64. The van der Waals surface area contributed by atoms with Gasteiger partial charge in [-0.05, 0) is 73.3 Å². The van der Waals surface area contributed by atoms with Gasteiger partial charge in [-0.15, -0.1) is 0 Å². The summed E-state index contributed by atoms with van der Waals surface area (Å²) in [5.41, 5.74) is 6.93. The van der Waals surface area contributed by atoms with Gasteiger partial charge in [0.15, 0.2) is 15.2 Å². The third-order valence-electron chi connectivity index (χ3n) is 13.9. The third-order valence-corrected chi connectivity index (χ3v) is 21.9. The number of hydrogen-bond acceptors (Lipinski definition) is 1.